The van der Waals surface area contributed by atoms with Crippen LogP contribution < -0.4 is 10.6 Å². The average Bonchev–Trinajstić information content (AvgIpc) is 3.23. The Bertz CT molecular complexity index is 662. The number of aromatic nitrogens is 1. The summed E-state index contributed by atoms with van der Waals surface area (Å²) in [6, 6.07) is 10.9. The molecule has 0 unspecified atom stereocenters. The Labute approximate surface area is 159 Å². The smallest absolute Gasteiger partial charge is 0.185 e. The zero-order valence-electron chi connectivity index (χ0n) is 14.2. The summed E-state index contributed by atoms with van der Waals surface area (Å²) >= 11 is 1.80. The monoisotopic (exact) mass is 380 g/mol. The quantitative estimate of drug-likeness (QED) is 0.882. The molecule has 0 radical (unpaired) electrons. The first-order chi connectivity index (χ1) is 11.8. The van der Waals surface area contributed by atoms with Gasteiger partial charge in [0.1, 0.15) is 0 Å². The fourth-order valence-electron chi connectivity index (χ4n) is 3.59. The first kappa shape index (κ1) is 18.6. The van der Waals surface area contributed by atoms with Crippen LogP contribution in [0.15, 0.2) is 36.5 Å². The van der Waals surface area contributed by atoms with E-state index in [-0.39, 0.29) is 18.4 Å². The topological polar surface area (TPSA) is 54.6 Å². The van der Waals surface area contributed by atoms with Crippen molar-refractivity contribution in [1.29, 1.82) is 0 Å². The molecule has 2 aromatic rings. The number of ether oxygens (including phenoxy) is 1. The maximum Gasteiger partial charge on any atom is 0.185 e. The van der Waals surface area contributed by atoms with Crippen LogP contribution in [0.1, 0.15) is 16.4 Å². The van der Waals surface area contributed by atoms with Gasteiger partial charge >= 0.3 is 0 Å². The molecule has 2 fully saturated rings. The van der Waals surface area contributed by atoms with Crippen molar-refractivity contribution < 1.29 is 4.74 Å². The molecule has 7 heteroatoms. The van der Waals surface area contributed by atoms with Crippen LogP contribution in [0.5, 0.6) is 0 Å². The molecule has 3 heterocycles. The number of nitrogens with two attached hydrogens (primary N) is 1. The Morgan fingerprint density at radius 1 is 1.16 bits per heavy atom. The molecule has 136 valence electrons. The summed E-state index contributed by atoms with van der Waals surface area (Å²) in [5, 5.41) is 1.12. The molecule has 4 rings (SSSR count). The van der Waals surface area contributed by atoms with Gasteiger partial charge in [-0.3, -0.25) is 4.90 Å². The van der Waals surface area contributed by atoms with Crippen molar-refractivity contribution >= 4 is 28.9 Å². The van der Waals surface area contributed by atoms with E-state index in [1.165, 1.54) is 10.4 Å². The maximum atomic E-state index is 6.40. The number of thiazole rings is 1. The van der Waals surface area contributed by atoms with Crippen molar-refractivity contribution in [3.8, 4) is 0 Å². The molecular formula is C18H25ClN4OS. The molecule has 0 amide bonds. The van der Waals surface area contributed by atoms with Crippen LogP contribution in [0.4, 0.5) is 5.13 Å². The molecule has 0 aliphatic carbocycles. The molecular weight excluding hydrogens is 356 g/mol. The highest BCUT2D eigenvalue weighted by Gasteiger charge is 2.31. The van der Waals surface area contributed by atoms with E-state index in [9.17, 15) is 0 Å². The summed E-state index contributed by atoms with van der Waals surface area (Å²) in [5.41, 5.74) is 7.75. The van der Waals surface area contributed by atoms with E-state index in [1.54, 1.807) is 11.3 Å². The molecule has 2 atom stereocenters. The number of halogens is 1. The standard InChI is InChI=1S/C18H24N4OS.ClH/c19-17-13-21(12-16(17)14-4-2-1-3-5-14)11-15-10-20-18(24-15)22-6-8-23-9-7-22;/h1-5,10,16-17H,6-9,11-13,19H2;1H/t16-,17+;/m0./s1. The summed E-state index contributed by atoms with van der Waals surface area (Å²) in [6.45, 7) is 6.40. The minimum Gasteiger partial charge on any atom is -0.378 e. The van der Waals surface area contributed by atoms with E-state index in [0.717, 1.165) is 51.1 Å². The highest BCUT2D eigenvalue weighted by molar-refractivity contribution is 7.15. The molecule has 1 aromatic heterocycles. The Morgan fingerprint density at radius 2 is 1.92 bits per heavy atom. The normalized spacial score (nSPS) is 24.3. The Hall–Kier alpha value is -1.18. The molecule has 1 aromatic carbocycles. The first-order valence-electron chi connectivity index (χ1n) is 8.60. The van der Waals surface area contributed by atoms with Crippen molar-refractivity contribution in [2.45, 2.75) is 18.5 Å². The minimum atomic E-state index is 0. The average molecular weight is 381 g/mol. The van der Waals surface area contributed by atoms with Crippen molar-refractivity contribution in [3.63, 3.8) is 0 Å². The van der Waals surface area contributed by atoms with Crippen LogP contribution in [0.2, 0.25) is 0 Å². The predicted molar refractivity (Wildman–Crippen MR) is 105 cm³/mol. The van der Waals surface area contributed by atoms with E-state index >= 15 is 0 Å². The Balaban J connectivity index is 0.00000182. The lowest BCUT2D eigenvalue weighted by molar-refractivity contribution is 0.122. The van der Waals surface area contributed by atoms with Gasteiger partial charge in [-0.25, -0.2) is 4.98 Å². The van der Waals surface area contributed by atoms with Crippen LogP contribution in [-0.4, -0.2) is 55.3 Å². The molecule has 2 saturated heterocycles. The van der Waals surface area contributed by atoms with E-state index in [0.29, 0.717) is 5.92 Å². The number of hydrogen-bond donors (Lipinski definition) is 1. The van der Waals surface area contributed by atoms with Crippen LogP contribution in [0.25, 0.3) is 0 Å². The highest BCUT2D eigenvalue weighted by Crippen LogP contribution is 2.30. The molecule has 2 aliphatic heterocycles. The van der Waals surface area contributed by atoms with Crippen LogP contribution in [0, 0.1) is 0 Å². The zero-order valence-corrected chi connectivity index (χ0v) is 15.8. The summed E-state index contributed by atoms with van der Waals surface area (Å²) < 4.78 is 5.41. The van der Waals surface area contributed by atoms with Gasteiger partial charge in [-0.1, -0.05) is 30.3 Å². The van der Waals surface area contributed by atoms with Gasteiger partial charge in [0.25, 0.3) is 0 Å². The summed E-state index contributed by atoms with van der Waals surface area (Å²) in [6.07, 6.45) is 2.02. The Kier molecular flexibility index (Phi) is 6.30. The lowest BCUT2D eigenvalue weighted by atomic mass is 9.95. The van der Waals surface area contributed by atoms with Gasteiger partial charge in [-0.15, -0.1) is 23.7 Å². The van der Waals surface area contributed by atoms with Gasteiger partial charge in [0.2, 0.25) is 0 Å². The summed E-state index contributed by atoms with van der Waals surface area (Å²) in [4.78, 5) is 10.7. The molecule has 0 spiro atoms. The third-order valence-electron chi connectivity index (χ3n) is 4.87. The number of hydrogen-bond acceptors (Lipinski definition) is 6. The molecule has 0 bridgehead atoms. The third kappa shape index (κ3) is 4.33. The van der Waals surface area contributed by atoms with Gasteiger partial charge in [-0.05, 0) is 5.56 Å². The first-order valence-corrected chi connectivity index (χ1v) is 9.41. The SMILES string of the molecule is Cl.N[C@@H]1CN(Cc2cnc(N3CCOCC3)s2)C[C@H]1c1ccccc1. The third-order valence-corrected chi connectivity index (χ3v) is 5.91. The largest absolute Gasteiger partial charge is 0.378 e. The predicted octanol–water partition coefficient (Wildman–Crippen LogP) is 2.33. The number of morpholine rings is 1. The second kappa shape index (κ2) is 8.47. The fraction of sp³-hybridized carbons (Fsp3) is 0.500. The fourth-order valence-corrected chi connectivity index (χ4v) is 4.59. The molecule has 2 N–H and O–H groups in total. The lowest BCUT2D eigenvalue weighted by Gasteiger charge is -2.26. The minimum absolute atomic E-state index is 0. The lowest BCUT2D eigenvalue weighted by Crippen LogP contribution is -2.36. The van der Waals surface area contributed by atoms with Crippen molar-refractivity contribution in [3.05, 3.63) is 47.0 Å². The van der Waals surface area contributed by atoms with Crippen molar-refractivity contribution in [2.75, 3.05) is 44.3 Å². The van der Waals surface area contributed by atoms with E-state index in [1.807, 2.05) is 6.20 Å². The zero-order chi connectivity index (χ0) is 16.4. The Morgan fingerprint density at radius 3 is 2.68 bits per heavy atom. The summed E-state index contributed by atoms with van der Waals surface area (Å²) in [7, 11) is 0. The maximum absolute atomic E-state index is 6.40. The highest BCUT2D eigenvalue weighted by atomic mass is 35.5. The van der Waals surface area contributed by atoms with Crippen molar-refractivity contribution in [1.82, 2.24) is 9.88 Å². The molecule has 2 aliphatic rings. The van der Waals surface area contributed by atoms with E-state index < -0.39 is 0 Å². The number of benzene rings is 1. The molecule has 0 saturated carbocycles. The number of likely N-dealkylation sites (tertiary alicyclic amines) is 1. The number of nitrogens with zero attached hydrogens (tertiary/aromatic N) is 3. The van der Waals surface area contributed by atoms with E-state index in [2.05, 4.69) is 45.1 Å². The van der Waals surface area contributed by atoms with Gasteiger partial charge in [0.15, 0.2) is 5.13 Å². The van der Waals surface area contributed by atoms with E-state index in [4.69, 9.17) is 10.5 Å². The second-order valence-electron chi connectivity index (χ2n) is 6.58. The van der Waals surface area contributed by atoms with Crippen molar-refractivity contribution in [2.24, 2.45) is 5.73 Å². The van der Waals surface area contributed by atoms with Crippen LogP contribution in [-0.2, 0) is 11.3 Å². The van der Waals surface area contributed by atoms with Gasteiger partial charge in [0.05, 0.1) is 13.2 Å². The van der Waals surface area contributed by atoms with Crippen LogP contribution in [0.3, 0.4) is 0 Å². The number of anilines is 1. The van der Waals surface area contributed by atoms with Gasteiger partial charge in [0, 0.05) is 55.8 Å². The van der Waals surface area contributed by atoms with Crippen LogP contribution >= 0.6 is 23.7 Å². The summed E-state index contributed by atoms with van der Waals surface area (Å²) in [5.74, 6) is 0.429. The second-order valence-corrected chi connectivity index (χ2v) is 7.68. The van der Waals surface area contributed by atoms with Gasteiger partial charge < -0.3 is 15.4 Å². The molecule has 25 heavy (non-hydrogen) atoms. The van der Waals surface area contributed by atoms with Gasteiger partial charge in [-0.2, -0.15) is 0 Å². The molecule has 5 nitrogen and oxygen atoms in total. The number of rotatable bonds is 4.